The second-order valence-corrected chi connectivity index (χ2v) is 13.3. The predicted molar refractivity (Wildman–Crippen MR) is 145 cm³/mol. The van der Waals surface area contributed by atoms with Crippen LogP contribution >= 0.6 is 11.8 Å². The number of nitrogens with zero attached hydrogens (tertiary/aromatic N) is 4. The van der Waals surface area contributed by atoms with Crippen molar-refractivity contribution in [1.82, 2.24) is 14.6 Å². The van der Waals surface area contributed by atoms with Crippen LogP contribution in [0.3, 0.4) is 0 Å². The van der Waals surface area contributed by atoms with E-state index in [0.717, 1.165) is 43.9 Å². The van der Waals surface area contributed by atoms with Crippen molar-refractivity contribution in [3.63, 3.8) is 0 Å². The van der Waals surface area contributed by atoms with Crippen molar-refractivity contribution in [3.8, 4) is 6.07 Å². The highest BCUT2D eigenvalue weighted by Crippen LogP contribution is 2.30. The molecule has 0 spiro atoms. The molecule has 206 valence electrons. The lowest BCUT2D eigenvalue weighted by Gasteiger charge is -2.33. The van der Waals surface area contributed by atoms with Gasteiger partial charge in [-0.15, -0.1) is 0 Å². The summed E-state index contributed by atoms with van der Waals surface area (Å²) in [5, 5.41) is 9.68. The quantitative estimate of drug-likeness (QED) is 0.482. The molecular weight excluding hydrogens is 526 g/mol. The normalized spacial score (nSPS) is 19.1. The molecule has 0 bridgehead atoms. The molecule has 2 aliphatic heterocycles. The molecule has 3 heterocycles. The Morgan fingerprint density at radius 2 is 1.87 bits per heavy atom. The third kappa shape index (κ3) is 6.86. The molecule has 2 saturated heterocycles. The van der Waals surface area contributed by atoms with Crippen molar-refractivity contribution < 1.29 is 22.8 Å². The zero-order chi connectivity index (χ0) is 27.3. The molecule has 3 aliphatic rings. The van der Waals surface area contributed by atoms with Gasteiger partial charge in [-0.25, -0.2) is 13.4 Å². The van der Waals surface area contributed by atoms with E-state index in [1.54, 1.807) is 11.0 Å². The Morgan fingerprint density at radius 1 is 1.16 bits per heavy atom. The maximum Gasteiger partial charge on any atom is 0.236 e. The van der Waals surface area contributed by atoms with Gasteiger partial charge >= 0.3 is 0 Å². The number of amides is 2. The number of sulfonamides is 1. The second-order valence-electron chi connectivity index (χ2n) is 10.3. The fourth-order valence-electron chi connectivity index (χ4n) is 5.54. The molecule has 10 nitrogen and oxygen atoms in total. The van der Waals surface area contributed by atoms with E-state index >= 15 is 0 Å². The first-order chi connectivity index (χ1) is 18.2. The molecule has 1 aromatic rings. The number of carbonyl (C=O) groups excluding carboxylic acids is 3. The maximum absolute atomic E-state index is 12.8. The van der Waals surface area contributed by atoms with Gasteiger partial charge in [-0.1, -0.05) is 31.5 Å². The number of nitriles is 1. The molecule has 0 unspecified atom stereocenters. The lowest BCUT2D eigenvalue weighted by atomic mass is 9.96. The van der Waals surface area contributed by atoms with Crippen LogP contribution < -0.4 is 9.62 Å². The molecule has 0 atom stereocenters. The standard InChI is InChI=1S/C26H35N5O5S2/c1-2-37-26(34)21-14-20(15-27)24(28-22(21)16-31-11-5-8-23(31)32)30-12-9-19(10-13-30)25(33)29-38(35,36)17-18-6-3-4-7-18/h14,18-19H,2-13,16-17H2,1H3,(H,29,33). The number of nitrogens with one attached hydrogen (secondary N) is 1. The number of rotatable bonds is 9. The maximum atomic E-state index is 12.8. The van der Waals surface area contributed by atoms with Crippen LogP contribution in [0, 0.1) is 23.2 Å². The molecule has 0 aromatic carbocycles. The van der Waals surface area contributed by atoms with Gasteiger partial charge in [0.1, 0.15) is 11.9 Å². The highest BCUT2D eigenvalue weighted by Gasteiger charge is 2.32. The number of pyridine rings is 1. The first-order valence-electron chi connectivity index (χ1n) is 13.4. The first kappa shape index (κ1) is 28.4. The minimum absolute atomic E-state index is 0.00326. The molecule has 3 fully saturated rings. The van der Waals surface area contributed by atoms with E-state index in [2.05, 4.69) is 10.8 Å². The summed E-state index contributed by atoms with van der Waals surface area (Å²) >= 11 is 1.14. The van der Waals surface area contributed by atoms with E-state index < -0.39 is 21.8 Å². The number of hydrogen-bond acceptors (Lipinski definition) is 9. The van der Waals surface area contributed by atoms with Crippen molar-refractivity contribution in [1.29, 1.82) is 5.26 Å². The molecule has 12 heteroatoms. The van der Waals surface area contributed by atoms with Crippen LogP contribution in [0.2, 0.25) is 0 Å². The summed E-state index contributed by atoms with van der Waals surface area (Å²) in [5.74, 6) is 0.232. The molecule has 0 radical (unpaired) electrons. The van der Waals surface area contributed by atoms with Gasteiger partial charge in [0.15, 0.2) is 0 Å². The van der Waals surface area contributed by atoms with Crippen molar-refractivity contribution in [2.75, 3.05) is 36.0 Å². The SMILES string of the molecule is CCSC(=O)c1cc(C#N)c(N2CCC(C(=O)NS(=O)(=O)CC3CCCC3)CC2)nc1CN1CCCC1=O. The van der Waals surface area contributed by atoms with Gasteiger partial charge in [-0.2, -0.15) is 5.26 Å². The van der Waals surface area contributed by atoms with Crippen LogP contribution in [0.15, 0.2) is 6.07 Å². The minimum Gasteiger partial charge on any atom is -0.355 e. The zero-order valence-electron chi connectivity index (χ0n) is 21.8. The van der Waals surface area contributed by atoms with Crippen LogP contribution in [0.4, 0.5) is 5.82 Å². The average Bonchev–Trinajstić information content (AvgIpc) is 3.54. The minimum atomic E-state index is -3.66. The summed E-state index contributed by atoms with van der Waals surface area (Å²) < 4.78 is 27.3. The smallest absolute Gasteiger partial charge is 0.236 e. The molecule has 1 aliphatic carbocycles. The predicted octanol–water partition coefficient (Wildman–Crippen LogP) is 2.82. The summed E-state index contributed by atoms with van der Waals surface area (Å²) in [4.78, 5) is 46.2. The van der Waals surface area contributed by atoms with Gasteiger partial charge in [0.2, 0.25) is 27.0 Å². The molecule has 1 aromatic heterocycles. The van der Waals surface area contributed by atoms with Gasteiger partial charge in [0, 0.05) is 32.0 Å². The summed E-state index contributed by atoms with van der Waals surface area (Å²) in [6, 6.07) is 3.72. The molecule has 38 heavy (non-hydrogen) atoms. The lowest BCUT2D eigenvalue weighted by molar-refractivity contribution is -0.128. The van der Waals surface area contributed by atoms with E-state index in [-0.39, 0.29) is 34.8 Å². The molecule has 1 N–H and O–H groups in total. The van der Waals surface area contributed by atoms with E-state index in [0.29, 0.717) is 61.7 Å². The van der Waals surface area contributed by atoms with Gasteiger partial charge < -0.3 is 9.80 Å². The first-order valence-corrected chi connectivity index (χ1v) is 16.0. The third-order valence-electron chi connectivity index (χ3n) is 7.56. The third-order valence-corrected chi connectivity index (χ3v) is 9.75. The van der Waals surface area contributed by atoms with Crippen molar-refractivity contribution in [2.24, 2.45) is 11.8 Å². The molecular formula is C26H35N5O5S2. The Balaban J connectivity index is 1.47. The van der Waals surface area contributed by atoms with E-state index in [9.17, 15) is 28.1 Å². The molecule has 1 saturated carbocycles. The van der Waals surface area contributed by atoms with E-state index in [1.165, 1.54) is 0 Å². The van der Waals surface area contributed by atoms with Gasteiger partial charge in [-0.05, 0) is 49.8 Å². The Morgan fingerprint density at radius 3 is 2.47 bits per heavy atom. The number of piperidine rings is 1. The summed E-state index contributed by atoms with van der Waals surface area (Å²) in [7, 11) is -3.66. The van der Waals surface area contributed by atoms with E-state index in [4.69, 9.17) is 4.98 Å². The molecule has 4 rings (SSSR count). The second kappa shape index (κ2) is 12.5. The summed E-state index contributed by atoms with van der Waals surface area (Å²) in [5.41, 5.74) is 1.08. The number of carbonyl (C=O) groups is 3. The Kier molecular flexibility index (Phi) is 9.31. The van der Waals surface area contributed by atoms with Crippen molar-refractivity contribution in [3.05, 3.63) is 22.9 Å². The highest BCUT2D eigenvalue weighted by molar-refractivity contribution is 8.14. The Bertz CT molecular complexity index is 1220. The summed E-state index contributed by atoms with van der Waals surface area (Å²) in [6.07, 6.45) is 5.92. The van der Waals surface area contributed by atoms with Gasteiger partial charge in [0.25, 0.3) is 0 Å². The van der Waals surface area contributed by atoms with Gasteiger partial charge in [0.05, 0.1) is 29.1 Å². The number of aromatic nitrogens is 1. The topological polar surface area (TPSA) is 141 Å². The highest BCUT2D eigenvalue weighted by atomic mass is 32.2. The Hall–Kier alpha value is -2.65. The average molecular weight is 562 g/mol. The van der Waals surface area contributed by atoms with Crippen molar-refractivity contribution in [2.45, 2.75) is 64.8 Å². The number of thioether (sulfide) groups is 1. The van der Waals surface area contributed by atoms with Crippen molar-refractivity contribution >= 4 is 44.5 Å². The number of anilines is 1. The van der Waals surface area contributed by atoms with E-state index in [1.807, 2.05) is 11.8 Å². The largest absolute Gasteiger partial charge is 0.355 e. The molecule has 2 amide bonds. The van der Waals surface area contributed by atoms with Crippen LogP contribution in [0.5, 0.6) is 0 Å². The monoisotopic (exact) mass is 561 g/mol. The van der Waals surface area contributed by atoms with Crippen LogP contribution in [-0.2, 0) is 26.2 Å². The van der Waals surface area contributed by atoms with Gasteiger partial charge in [-0.3, -0.25) is 19.1 Å². The zero-order valence-corrected chi connectivity index (χ0v) is 23.4. The lowest BCUT2D eigenvalue weighted by Crippen LogP contribution is -2.44. The van der Waals surface area contributed by atoms with Crippen LogP contribution in [0.1, 0.15) is 79.9 Å². The summed E-state index contributed by atoms with van der Waals surface area (Å²) in [6.45, 7) is 3.53. The fraction of sp³-hybridized carbons (Fsp3) is 0.654. The van der Waals surface area contributed by atoms with Crippen LogP contribution in [-0.4, -0.2) is 66.4 Å². The number of likely N-dealkylation sites (tertiary alicyclic amines) is 1. The fourth-order valence-corrected chi connectivity index (χ4v) is 7.65. The van der Waals surface area contributed by atoms with Crippen LogP contribution in [0.25, 0.3) is 0 Å². The number of hydrogen-bond donors (Lipinski definition) is 1. The Labute approximate surface area is 228 Å².